The Kier molecular flexibility index (Phi) is 3.53. The van der Waals surface area contributed by atoms with E-state index in [9.17, 15) is 0 Å². The number of nitrogens with zero attached hydrogens (tertiary/aromatic N) is 2. The van der Waals surface area contributed by atoms with Crippen molar-refractivity contribution >= 4 is 0 Å². The third-order valence-corrected chi connectivity index (χ3v) is 2.78. The van der Waals surface area contributed by atoms with E-state index in [2.05, 4.69) is 4.98 Å². The molecule has 0 saturated heterocycles. The zero-order valence-electron chi connectivity index (χ0n) is 10.8. The van der Waals surface area contributed by atoms with Crippen molar-refractivity contribution in [3.05, 3.63) is 36.4 Å². The Labute approximate surface area is 106 Å². The van der Waals surface area contributed by atoms with Crippen molar-refractivity contribution in [1.29, 1.82) is 0 Å². The SMILES string of the molecule is COc1ccc(OC)c(-n2cncc2[C@H](C)N)c1. The van der Waals surface area contributed by atoms with Gasteiger partial charge in [-0.25, -0.2) is 4.98 Å². The second kappa shape index (κ2) is 5.10. The summed E-state index contributed by atoms with van der Waals surface area (Å²) in [6.45, 7) is 1.92. The van der Waals surface area contributed by atoms with E-state index in [-0.39, 0.29) is 6.04 Å². The van der Waals surface area contributed by atoms with Crippen LogP contribution in [0.2, 0.25) is 0 Å². The summed E-state index contributed by atoms with van der Waals surface area (Å²) < 4.78 is 12.5. The van der Waals surface area contributed by atoms with Gasteiger partial charge >= 0.3 is 0 Å². The van der Waals surface area contributed by atoms with Crippen LogP contribution in [0.1, 0.15) is 18.7 Å². The number of hydrogen-bond acceptors (Lipinski definition) is 4. The number of aromatic nitrogens is 2. The average Bonchev–Trinajstić information content (AvgIpc) is 2.87. The second-order valence-corrected chi connectivity index (χ2v) is 4.01. The van der Waals surface area contributed by atoms with Crippen LogP contribution in [0.4, 0.5) is 0 Å². The molecule has 1 aromatic carbocycles. The van der Waals surface area contributed by atoms with E-state index in [0.29, 0.717) is 0 Å². The van der Waals surface area contributed by atoms with Gasteiger partial charge in [0.25, 0.3) is 0 Å². The van der Waals surface area contributed by atoms with Crippen LogP contribution in [0.5, 0.6) is 11.5 Å². The summed E-state index contributed by atoms with van der Waals surface area (Å²) in [4.78, 5) is 4.14. The highest BCUT2D eigenvalue weighted by Crippen LogP contribution is 2.29. The maximum absolute atomic E-state index is 5.93. The van der Waals surface area contributed by atoms with Crippen LogP contribution in [0.15, 0.2) is 30.7 Å². The highest BCUT2D eigenvalue weighted by atomic mass is 16.5. The topological polar surface area (TPSA) is 62.3 Å². The number of nitrogens with two attached hydrogens (primary N) is 1. The lowest BCUT2D eigenvalue weighted by Crippen LogP contribution is -2.11. The molecule has 0 unspecified atom stereocenters. The second-order valence-electron chi connectivity index (χ2n) is 4.01. The van der Waals surface area contributed by atoms with E-state index in [1.807, 2.05) is 29.7 Å². The number of methoxy groups -OCH3 is 2. The van der Waals surface area contributed by atoms with E-state index in [0.717, 1.165) is 22.9 Å². The lowest BCUT2D eigenvalue weighted by Gasteiger charge is -2.15. The van der Waals surface area contributed by atoms with Gasteiger partial charge in [0, 0.05) is 12.1 Å². The Hall–Kier alpha value is -2.01. The lowest BCUT2D eigenvalue weighted by molar-refractivity contribution is 0.401. The number of rotatable bonds is 4. The van der Waals surface area contributed by atoms with Gasteiger partial charge in [-0.15, -0.1) is 0 Å². The average molecular weight is 247 g/mol. The molecule has 0 saturated carbocycles. The molecule has 18 heavy (non-hydrogen) atoms. The van der Waals surface area contributed by atoms with Gasteiger partial charge in [0.2, 0.25) is 0 Å². The number of imidazole rings is 1. The first-order valence-corrected chi connectivity index (χ1v) is 5.67. The molecule has 0 spiro atoms. The first-order valence-electron chi connectivity index (χ1n) is 5.67. The molecule has 0 radical (unpaired) electrons. The molecule has 5 nitrogen and oxygen atoms in total. The number of ether oxygens (including phenoxy) is 2. The van der Waals surface area contributed by atoms with E-state index in [1.165, 1.54) is 0 Å². The zero-order valence-corrected chi connectivity index (χ0v) is 10.8. The first-order chi connectivity index (χ1) is 8.67. The van der Waals surface area contributed by atoms with Gasteiger partial charge in [0.15, 0.2) is 0 Å². The Bertz CT molecular complexity index is 535. The molecular formula is C13H17N3O2. The van der Waals surface area contributed by atoms with Gasteiger partial charge in [-0.3, -0.25) is 4.57 Å². The summed E-state index contributed by atoms with van der Waals surface area (Å²) >= 11 is 0. The van der Waals surface area contributed by atoms with Crippen LogP contribution < -0.4 is 15.2 Å². The van der Waals surface area contributed by atoms with E-state index in [1.54, 1.807) is 26.7 Å². The van der Waals surface area contributed by atoms with Crippen LogP contribution in [0, 0.1) is 0 Å². The van der Waals surface area contributed by atoms with Gasteiger partial charge in [0.1, 0.15) is 11.5 Å². The molecule has 0 amide bonds. The molecule has 0 aliphatic heterocycles. The molecule has 2 rings (SSSR count). The summed E-state index contributed by atoms with van der Waals surface area (Å²) in [5.41, 5.74) is 7.71. The summed E-state index contributed by atoms with van der Waals surface area (Å²) in [5.74, 6) is 1.51. The third kappa shape index (κ3) is 2.17. The number of hydrogen-bond donors (Lipinski definition) is 1. The van der Waals surface area contributed by atoms with E-state index in [4.69, 9.17) is 15.2 Å². The van der Waals surface area contributed by atoms with Crippen molar-refractivity contribution in [2.45, 2.75) is 13.0 Å². The zero-order chi connectivity index (χ0) is 13.1. The Balaban J connectivity index is 2.57. The molecule has 0 aliphatic rings. The van der Waals surface area contributed by atoms with Gasteiger partial charge in [-0.1, -0.05) is 0 Å². The normalized spacial score (nSPS) is 12.2. The molecule has 2 aromatic rings. The van der Waals surface area contributed by atoms with Gasteiger partial charge in [-0.2, -0.15) is 0 Å². The maximum atomic E-state index is 5.93. The quantitative estimate of drug-likeness (QED) is 0.896. The summed E-state index contributed by atoms with van der Waals surface area (Å²) in [6.07, 6.45) is 3.47. The summed E-state index contributed by atoms with van der Waals surface area (Å²) in [7, 11) is 3.26. The monoisotopic (exact) mass is 247 g/mol. The van der Waals surface area contributed by atoms with Crippen molar-refractivity contribution in [1.82, 2.24) is 9.55 Å². The van der Waals surface area contributed by atoms with Gasteiger partial charge in [-0.05, 0) is 19.1 Å². The van der Waals surface area contributed by atoms with Crippen molar-refractivity contribution in [2.75, 3.05) is 14.2 Å². The Morgan fingerprint density at radius 3 is 2.67 bits per heavy atom. The maximum Gasteiger partial charge on any atom is 0.143 e. The molecule has 0 fully saturated rings. The predicted octanol–water partition coefficient (Wildman–Crippen LogP) is 1.91. The molecular weight excluding hydrogens is 230 g/mol. The molecule has 1 atom stereocenters. The van der Waals surface area contributed by atoms with E-state index < -0.39 is 0 Å². The first kappa shape index (κ1) is 12.4. The van der Waals surface area contributed by atoms with Crippen LogP contribution >= 0.6 is 0 Å². The lowest BCUT2D eigenvalue weighted by atomic mass is 10.2. The van der Waals surface area contributed by atoms with Crippen LogP contribution in [-0.2, 0) is 0 Å². The van der Waals surface area contributed by atoms with Crippen molar-refractivity contribution < 1.29 is 9.47 Å². The summed E-state index contributed by atoms with van der Waals surface area (Å²) in [5, 5.41) is 0. The van der Waals surface area contributed by atoms with Crippen molar-refractivity contribution in [3.63, 3.8) is 0 Å². The molecule has 2 N–H and O–H groups in total. The molecule has 5 heteroatoms. The summed E-state index contributed by atoms with van der Waals surface area (Å²) in [6, 6.07) is 5.50. The number of benzene rings is 1. The highest BCUT2D eigenvalue weighted by Gasteiger charge is 2.13. The van der Waals surface area contributed by atoms with E-state index >= 15 is 0 Å². The Morgan fingerprint density at radius 1 is 1.28 bits per heavy atom. The highest BCUT2D eigenvalue weighted by molar-refractivity contribution is 5.52. The van der Waals surface area contributed by atoms with Crippen LogP contribution in [0.3, 0.4) is 0 Å². The fraction of sp³-hybridized carbons (Fsp3) is 0.308. The minimum Gasteiger partial charge on any atom is -0.497 e. The molecule has 0 bridgehead atoms. The fourth-order valence-electron chi connectivity index (χ4n) is 1.83. The molecule has 1 heterocycles. The largest absolute Gasteiger partial charge is 0.497 e. The molecule has 0 aliphatic carbocycles. The van der Waals surface area contributed by atoms with Crippen molar-refractivity contribution in [3.8, 4) is 17.2 Å². The van der Waals surface area contributed by atoms with Gasteiger partial charge in [0.05, 0.1) is 38.1 Å². The van der Waals surface area contributed by atoms with Gasteiger partial charge < -0.3 is 15.2 Å². The molecule has 96 valence electrons. The fourth-order valence-corrected chi connectivity index (χ4v) is 1.83. The van der Waals surface area contributed by atoms with Crippen LogP contribution in [-0.4, -0.2) is 23.8 Å². The Morgan fingerprint density at radius 2 is 2.06 bits per heavy atom. The minimum atomic E-state index is -0.108. The predicted molar refractivity (Wildman–Crippen MR) is 69.3 cm³/mol. The smallest absolute Gasteiger partial charge is 0.143 e. The van der Waals surface area contributed by atoms with Crippen LogP contribution in [0.25, 0.3) is 5.69 Å². The molecule has 1 aromatic heterocycles. The van der Waals surface area contributed by atoms with Crippen molar-refractivity contribution in [2.24, 2.45) is 5.73 Å². The minimum absolute atomic E-state index is 0.108. The third-order valence-electron chi connectivity index (χ3n) is 2.78. The standard InChI is InChI=1S/C13H17N3O2/c1-9(14)12-7-15-8-16(12)11-6-10(17-2)4-5-13(11)18-3/h4-9H,14H2,1-3H3/t9-/m0/s1.